The molecule has 0 aliphatic carbocycles. The Bertz CT molecular complexity index is 644. The standard InChI is InChI=1S/C14H14ClN3O/c15-10-6-9-2-1-4-17-13(9)12(7-10)14(19)18-5-3-11(16)8-18/h1-2,4,6-7,11H,3,5,8,16H2/t11-/m1/s1. The molecule has 1 aromatic carbocycles. The number of rotatable bonds is 1. The zero-order chi connectivity index (χ0) is 13.4. The molecule has 1 fully saturated rings. The Labute approximate surface area is 116 Å². The highest BCUT2D eigenvalue weighted by Gasteiger charge is 2.26. The van der Waals surface area contributed by atoms with Crippen molar-refractivity contribution in [3.8, 4) is 0 Å². The maximum Gasteiger partial charge on any atom is 0.256 e. The van der Waals surface area contributed by atoms with Crippen LogP contribution in [0.15, 0.2) is 30.5 Å². The summed E-state index contributed by atoms with van der Waals surface area (Å²) in [5, 5.41) is 1.43. The lowest BCUT2D eigenvalue weighted by Gasteiger charge is -2.17. The number of hydrogen-bond donors (Lipinski definition) is 1. The monoisotopic (exact) mass is 275 g/mol. The molecule has 4 nitrogen and oxygen atoms in total. The highest BCUT2D eigenvalue weighted by Crippen LogP contribution is 2.24. The van der Waals surface area contributed by atoms with Crippen molar-refractivity contribution in [2.45, 2.75) is 12.5 Å². The smallest absolute Gasteiger partial charge is 0.256 e. The number of fused-ring (bicyclic) bond motifs is 1. The van der Waals surface area contributed by atoms with Crippen molar-refractivity contribution in [3.63, 3.8) is 0 Å². The van der Waals surface area contributed by atoms with Gasteiger partial charge in [0.05, 0.1) is 11.1 Å². The second-order valence-electron chi connectivity index (χ2n) is 4.83. The fourth-order valence-electron chi connectivity index (χ4n) is 2.46. The molecular weight excluding hydrogens is 262 g/mol. The van der Waals surface area contributed by atoms with Gasteiger partial charge in [0.15, 0.2) is 0 Å². The first kappa shape index (κ1) is 12.4. The molecule has 2 aromatic rings. The molecule has 1 aliphatic rings. The topological polar surface area (TPSA) is 59.2 Å². The van der Waals surface area contributed by atoms with Crippen molar-refractivity contribution in [1.29, 1.82) is 0 Å². The average Bonchev–Trinajstić information content (AvgIpc) is 2.83. The number of benzene rings is 1. The lowest BCUT2D eigenvalue weighted by atomic mass is 10.1. The summed E-state index contributed by atoms with van der Waals surface area (Å²) in [5.74, 6) is -0.0425. The van der Waals surface area contributed by atoms with Crippen molar-refractivity contribution in [2.24, 2.45) is 5.73 Å². The third kappa shape index (κ3) is 2.29. The van der Waals surface area contributed by atoms with Crippen LogP contribution in [-0.4, -0.2) is 34.9 Å². The Morgan fingerprint density at radius 1 is 1.47 bits per heavy atom. The Balaban J connectivity index is 2.06. The number of likely N-dealkylation sites (tertiary alicyclic amines) is 1. The molecule has 0 unspecified atom stereocenters. The number of nitrogens with two attached hydrogens (primary N) is 1. The first-order valence-corrected chi connectivity index (χ1v) is 6.62. The fraction of sp³-hybridized carbons (Fsp3) is 0.286. The highest BCUT2D eigenvalue weighted by atomic mass is 35.5. The van der Waals surface area contributed by atoms with Crippen LogP contribution < -0.4 is 5.73 Å². The van der Waals surface area contributed by atoms with Crippen LogP contribution in [-0.2, 0) is 0 Å². The van der Waals surface area contributed by atoms with E-state index in [1.54, 1.807) is 17.2 Å². The average molecular weight is 276 g/mol. The van der Waals surface area contributed by atoms with Gasteiger partial charge in [0.2, 0.25) is 0 Å². The van der Waals surface area contributed by atoms with E-state index in [1.165, 1.54) is 0 Å². The van der Waals surface area contributed by atoms with Crippen LogP contribution in [0.1, 0.15) is 16.8 Å². The van der Waals surface area contributed by atoms with Gasteiger partial charge in [0.25, 0.3) is 5.91 Å². The highest BCUT2D eigenvalue weighted by molar-refractivity contribution is 6.32. The second-order valence-corrected chi connectivity index (χ2v) is 5.26. The molecule has 1 aromatic heterocycles. The lowest BCUT2D eigenvalue weighted by Crippen LogP contribution is -2.32. The zero-order valence-corrected chi connectivity index (χ0v) is 11.1. The largest absolute Gasteiger partial charge is 0.337 e. The minimum Gasteiger partial charge on any atom is -0.337 e. The quantitative estimate of drug-likeness (QED) is 0.867. The summed E-state index contributed by atoms with van der Waals surface area (Å²) in [6.07, 6.45) is 2.53. The van der Waals surface area contributed by atoms with Gasteiger partial charge in [-0.3, -0.25) is 9.78 Å². The molecular formula is C14H14ClN3O. The van der Waals surface area contributed by atoms with Gasteiger partial charge in [0, 0.05) is 35.7 Å². The molecule has 3 rings (SSSR count). The summed E-state index contributed by atoms with van der Waals surface area (Å²) in [6.45, 7) is 1.29. The molecule has 19 heavy (non-hydrogen) atoms. The van der Waals surface area contributed by atoms with Crippen molar-refractivity contribution in [2.75, 3.05) is 13.1 Å². The lowest BCUT2D eigenvalue weighted by molar-refractivity contribution is 0.0792. The first-order chi connectivity index (χ1) is 9.15. The van der Waals surface area contributed by atoms with Gasteiger partial charge in [0.1, 0.15) is 0 Å². The molecule has 1 amide bonds. The SMILES string of the molecule is N[C@@H]1CCN(C(=O)c2cc(Cl)cc3cccnc23)C1. The van der Waals surface area contributed by atoms with E-state index in [2.05, 4.69) is 4.98 Å². The van der Waals surface area contributed by atoms with Gasteiger partial charge >= 0.3 is 0 Å². The molecule has 98 valence electrons. The third-order valence-corrected chi connectivity index (χ3v) is 3.63. The van der Waals surface area contributed by atoms with E-state index in [9.17, 15) is 4.79 Å². The maximum absolute atomic E-state index is 12.5. The van der Waals surface area contributed by atoms with Crippen LogP contribution in [0.4, 0.5) is 0 Å². The Morgan fingerprint density at radius 2 is 2.32 bits per heavy atom. The van der Waals surface area contributed by atoms with Crippen molar-refractivity contribution < 1.29 is 4.79 Å². The number of carbonyl (C=O) groups is 1. The predicted molar refractivity (Wildman–Crippen MR) is 75.2 cm³/mol. The second kappa shape index (κ2) is 4.79. The Morgan fingerprint density at radius 3 is 3.05 bits per heavy atom. The van der Waals surface area contributed by atoms with Crippen LogP contribution in [0.2, 0.25) is 5.02 Å². The summed E-state index contributed by atoms with van der Waals surface area (Å²) in [7, 11) is 0. The summed E-state index contributed by atoms with van der Waals surface area (Å²) in [6, 6.07) is 7.31. The van der Waals surface area contributed by atoms with E-state index in [0.29, 0.717) is 29.2 Å². The molecule has 0 radical (unpaired) electrons. The number of carbonyl (C=O) groups excluding carboxylic acids is 1. The third-order valence-electron chi connectivity index (χ3n) is 3.41. The van der Waals surface area contributed by atoms with E-state index in [1.807, 2.05) is 18.2 Å². The molecule has 1 saturated heterocycles. The van der Waals surface area contributed by atoms with Crippen LogP contribution >= 0.6 is 11.6 Å². The number of hydrogen-bond acceptors (Lipinski definition) is 3. The van der Waals surface area contributed by atoms with E-state index in [4.69, 9.17) is 17.3 Å². The molecule has 2 N–H and O–H groups in total. The van der Waals surface area contributed by atoms with Crippen LogP contribution in [0.3, 0.4) is 0 Å². The summed E-state index contributed by atoms with van der Waals surface area (Å²) >= 11 is 6.08. The molecule has 0 spiro atoms. The number of halogens is 1. The van der Waals surface area contributed by atoms with E-state index in [0.717, 1.165) is 11.8 Å². The van der Waals surface area contributed by atoms with Crippen LogP contribution in [0.25, 0.3) is 10.9 Å². The minimum atomic E-state index is -0.0425. The number of pyridine rings is 1. The molecule has 1 atom stereocenters. The molecule has 5 heteroatoms. The van der Waals surface area contributed by atoms with Gasteiger partial charge in [-0.15, -0.1) is 0 Å². The van der Waals surface area contributed by atoms with Gasteiger partial charge in [-0.25, -0.2) is 0 Å². The van der Waals surface area contributed by atoms with Crippen molar-refractivity contribution in [3.05, 3.63) is 41.0 Å². The predicted octanol–water partition coefficient (Wildman–Crippen LogP) is 2.06. The summed E-state index contributed by atoms with van der Waals surface area (Å²) in [5.41, 5.74) is 7.09. The Hall–Kier alpha value is -1.65. The number of aromatic nitrogens is 1. The summed E-state index contributed by atoms with van der Waals surface area (Å²) in [4.78, 5) is 18.6. The number of amides is 1. The van der Waals surface area contributed by atoms with Crippen molar-refractivity contribution in [1.82, 2.24) is 9.88 Å². The van der Waals surface area contributed by atoms with E-state index in [-0.39, 0.29) is 11.9 Å². The summed E-state index contributed by atoms with van der Waals surface area (Å²) < 4.78 is 0. The van der Waals surface area contributed by atoms with Gasteiger partial charge in [-0.1, -0.05) is 17.7 Å². The molecule has 2 heterocycles. The first-order valence-electron chi connectivity index (χ1n) is 6.24. The van der Waals surface area contributed by atoms with Crippen molar-refractivity contribution >= 4 is 28.4 Å². The van der Waals surface area contributed by atoms with Gasteiger partial charge < -0.3 is 10.6 Å². The molecule has 0 bridgehead atoms. The maximum atomic E-state index is 12.5. The van der Waals surface area contributed by atoms with Crippen LogP contribution in [0, 0.1) is 0 Å². The number of nitrogens with zero attached hydrogens (tertiary/aromatic N) is 2. The molecule has 0 saturated carbocycles. The van der Waals surface area contributed by atoms with Gasteiger partial charge in [-0.2, -0.15) is 0 Å². The van der Waals surface area contributed by atoms with E-state index >= 15 is 0 Å². The minimum absolute atomic E-state index is 0.0425. The van der Waals surface area contributed by atoms with E-state index < -0.39 is 0 Å². The zero-order valence-electron chi connectivity index (χ0n) is 10.3. The Kier molecular flexibility index (Phi) is 3.12. The van der Waals surface area contributed by atoms with Gasteiger partial charge in [-0.05, 0) is 24.6 Å². The fourth-order valence-corrected chi connectivity index (χ4v) is 2.69. The van der Waals surface area contributed by atoms with Crippen LogP contribution in [0.5, 0.6) is 0 Å². The molecule has 1 aliphatic heterocycles. The normalized spacial score (nSPS) is 19.1.